The Morgan fingerprint density at radius 2 is 2.36 bits per heavy atom. The van der Waals surface area contributed by atoms with Crippen LogP contribution in [0.1, 0.15) is 5.69 Å². The third-order valence-electron chi connectivity index (χ3n) is 1.67. The second-order valence-corrected chi connectivity index (χ2v) is 2.65. The van der Waals surface area contributed by atoms with Gasteiger partial charge in [0.2, 0.25) is 0 Å². The lowest BCUT2D eigenvalue weighted by atomic mass is 10.3. The Hall–Kier alpha value is -1.09. The minimum Gasteiger partial charge on any atom is -0.398 e. The second kappa shape index (κ2) is 3.34. The molecule has 3 nitrogen and oxygen atoms in total. The molecule has 0 saturated carbocycles. The van der Waals surface area contributed by atoms with Crippen molar-refractivity contribution in [2.75, 3.05) is 12.3 Å². The van der Waals surface area contributed by atoms with Crippen molar-refractivity contribution in [1.29, 1.82) is 0 Å². The zero-order valence-electron chi connectivity index (χ0n) is 6.88. The van der Waals surface area contributed by atoms with Crippen molar-refractivity contribution in [3.63, 3.8) is 0 Å². The number of nitrogens with two attached hydrogens (primary N) is 1. The second-order valence-electron chi connectivity index (χ2n) is 2.65. The van der Waals surface area contributed by atoms with Crippen LogP contribution >= 0.6 is 0 Å². The molecule has 0 aliphatic carbocycles. The number of nitrogen functional groups attached to an aromatic ring is 1. The van der Waals surface area contributed by atoms with E-state index in [2.05, 4.69) is 10.3 Å². The van der Waals surface area contributed by atoms with Gasteiger partial charge in [0.15, 0.2) is 18.4 Å². The van der Waals surface area contributed by atoms with Gasteiger partial charge < -0.3 is 11.5 Å². The predicted octanol–water partition coefficient (Wildman–Crippen LogP) is -0.893. The molecule has 0 spiro atoms. The van der Waals surface area contributed by atoms with E-state index in [0.717, 1.165) is 18.8 Å². The number of hydrogen-bond acceptors (Lipinski definition) is 1. The lowest BCUT2D eigenvalue weighted by Crippen LogP contribution is -2.57. The molecule has 1 aromatic heterocycles. The molecule has 0 aliphatic rings. The molecular formula is C8H15N3+2. The molecule has 0 bridgehead atoms. The van der Waals surface area contributed by atoms with Gasteiger partial charge in [0, 0.05) is 24.7 Å². The van der Waals surface area contributed by atoms with Gasteiger partial charge in [0.1, 0.15) is 6.54 Å². The zero-order chi connectivity index (χ0) is 8.27. The van der Waals surface area contributed by atoms with Crippen LogP contribution in [0.3, 0.4) is 0 Å². The summed E-state index contributed by atoms with van der Waals surface area (Å²) in [7, 11) is 0. The van der Waals surface area contributed by atoms with Gasteiger partial charge in [-0.3, -0.25) is 0 Å². The molecule has 0 aliphatic heterocycles. The van der Waals surface area contributed by atoms with Gasteiger partial charge >= 0.3 is 0 Å². The highest BCUT2D eigenvalue weighted by molar-refractivity contribution is 5.34. The fourth-order valence-corrected chi connectivity index (χ4v) is 1.09. The summed E-state index contributed by atoms with van der Waals surface area (Å²) in [6, 6.07) is 3.87. The Balaban J connectivity index is 2.90. The normalized spacial score (nSPS) is 10.0. The lowest BCUT2D eigenvalue weighted by Gasteiger charge is -1.97. The van der Waals surface area contributed by atoms with E-state index in [4.69, 9.17) is 5.73 Å². The molecule has 1 heterocycles. The van der Waals surface area contributed by atoms with Crippen LogP contribution in [0.2, 0.25) is 0 Å². The molecule has 1 aromatic rings. The van der Waals surface area contributed by atoms with E-state index in [0.29, 0.717) is 0 Å². The molecule has 5 N–H and O–H groups in total. The van der Waals surface area contributed by atoms with E-state index in [1.165, 1.54) is 5.69 Å². The third kappa shape index (κ3) is 1.91. The van der Waals surface area contributed by atoms with Crippen LogP contribution in [0.15, 0.2) is 18.3 Å². The fraction of sp³-hybridized carbons (Fsp3) is 0.375. The summed E-state index contributed by atoms with van der Waals surface area (Å²) in [4.78, 5) is 0. The molecule has 3 heteroatoms. The van der Waals surface area contributed by atoms with Crippen molar-refractivity contribution in [1.82, 2.24) is 0 Å². The van der Waals surface area contributed by atoms with Crippen molar-refractivity contribution < 1.29 is 10.3 Å². The smallest absolute Gasteiger partial charge is 0.196 e. The number of aryl methyl sites for hydroxylation is 1. The summed E-state index contributed by atoms with van der Waals surface area (Å²) in [6.07, 6.45) is 2.00. The maximum atomic E-state index is 5.59. The van der Waals surface area contributed by atoms with Gasteiger partial charge in [0.25, 0.3) is 0 Å². The Labute approximate surface area is 66.6 Å². The van der Waals surface area contributed by atoms with E-state index >= 15 is 0 Å². The monoisotopic (exact) mass is 153 g/mol. The quantitative estimate of drug-likeness (QED) is 0.532. The fourth-order valence-electron chi connectivity index (χ4n) is 1.09. The van der Waals surface area contributed by atoms with Crippen molar-refractivity contribution in [3.8, 4) is 0 Å². The maximum absolute atomic E-state index is 5.59. The highest BCUT2D eigenvalue weighted by Gasteiger charge is 2.04. The van der Waals surface area contributed by atoms with E-state index in [-0.39, 0.29) is 0 Å². The average Bonchev–Trinajstić information content (AvgIpc) is 1.95. The van der Waals surface area contributed by atoms with E-state index in [9.17, 15) is 0 Å². The Bertz CT molecular complexity index is 245. The van der Waals surface area contributed by atoms with Gasteiger partial charge in [-0.2, -0.15) is 4.57 Å². The van der Waals surface area contributed by atoms with Gasteiger partial charge in [-0.15, -0.1) is 0 Å². The predicted molar refractivity (Wildman–Crippen MR) is 43.5 cm³/mol. The number of hydrogen-bond donors (Lipinski definition) is 2. The first kappa shape index (κ1) is 8.01. The van der Waals surface area contributed by atoms with Crippen LogP contribution < -0.4 is 16.0 Å². The largest absolute Gasteiger partial charge is 0.398 e. The minimum absolute atomic E-state index is 0.822. The van der Waals surface area contributed by atoms with Crippen LogP contribution in [0.25, 0.3) is 0 Å². The molecule has 0 amide bonds. The number of rotatable bonds is 2. The van der Waals surface area contributed by atoms with Crippen LogP contribution in [0.5, 0.6) is 0 Å². The van der Waals surface area contributed by atoms with Crippen molar-refractivity contribution in [2.24, 2.45) is 0 Å². The summed E-state index contributed by atoms with van der Waals surface area (Å²) in [5.41, 5.74) is 11.4. The summed E-state index contributed by atoms with van der Waals surface area (Å²) in [6.45, 7) is 3.92. The van der Waals surface area contributed by atoms with Crippen LogP contribution in [0.4, 0.5) is 5.69 Å². The number of aromatic nitrogens is 1. The summed E-state index contributed by atoms with van der Waals surface area (Å²) < 4.78 is 2.14. The van der Waals surface area contributed by atoms with Gasteiger partial charge in [-0.25, -0.2) is 0 Å². The number of anilines is 1. The lowest BCUT2D eigenvalue weighted by molar-refractivity contribution is -0.717. The van der Waals surface area contributed by atoms with Gasteiger partial charge in [-0.05, 0) is 0 Å². The zero-order valence-corrected chi connectivity index (χ0v) is 6.88. The minimum atomic E-state index is 0.822. The molecule has 0 atom stereocenters. The summed E-state index contributed by atoms with van der Waals surface area (Å²) in [5.74, 6) is 0. The number of nitrogens with zero attached hydrogens (tertiary/aromatic N) is 1. The Morgan fingerprint density at radius 1 is 1.64 bits per heavy atom. The molecule has 0 unspecified atom stereocenters. The van der Waals surface area contributed by atoms with Crippen LogP contribution in [0, 0.1) is 6.92 Å². The van der Waals surface area contributed by atoms with E-state index < -0.39 is 0 Å². The molecule has 1 rings (SSSR count). The highest BCUT2D eigenvalue weighted by Crippen LogP contribution is 1.98. The number of quaternary nitrogens is 1. The SMILES string of the molecule is Cc1cc(N)cc[n+]1CC[NH3+]. The van der Waals surface area contributed by atoms with E-state index in [1.807, 2.05) is 25.3 Å². The molecule has 0 fully saturated rings. The summed E-state index contributed by atoms with van der Waals surface area (Å²) in [5, 5.41) is 0. The highest BCUT2D eigenvalue weighted by atomic mass is 15.0. The first-order valence-electron chi connectivity index (χ1n) is 3.79. The molecule has 11 heavy (non-hydrogen) atoms. The topological polar surface area (TPSA) is 57.5 Å². The standard InChI is InChI=1S/C8H13N3/c1-7-6-8(10)2-4-11(7)5-3-9/h2,4,6,10H,3,5,9H2,1H3/p+2. The summed E-state index contributed by atoms with van der Waals surface area (Å²) >= 11 is 0. The van der Waals surface area contributed by atoms with Gasteiger partial charge in [0.05, 0.1) is 0 Å². The molecule has 0 aromatic carbocycles. The molecular weight excluding hydrogens is 138 g/mol. The average molecular weight is 153 g/mol. The molecule has 0 saturated heterocycles. The van der Waals surface area contributed by atoms with Crippen molar-refractivity contribution >= 4 is 5.69 Å². The van der Waals surface area contributed by atoms with E-state index in [1.54, 1.807) is 0 Å². The van der Waals surface area contributed by atoms with Crippen molar-refractivity contribution in [2.45, 2.75) is 13.5 Å². The van der Waals surface area contributed by atoms with Gasteiger partial charge in [-0.1, -0.05) is 0 Å². The molecule has 60 valence electrons. The first-order valence-corrected chi connectivity index (χ1v) is 3.79. The number of pyridine rings is 1. The van der Waals surface area contributed by atoms with Crippen molar-refractivity contribution in [3.05, 3.63) is 24.0 Å². The van der Waals surface area contributed by atoms with Crippen LogP contribution in [-0.2, 0) is 6.54 Å². The Kier molecular flexibility index (Phi) is 2.44. The maximum Gasteiger partial charge on any atom is 0.196 e. The third-order valence-corrected chi connectivity index (χ3v) is 1.67. The van der Waals surface area contributed by atoms with Crippen LogP contribution in [-0.4, -0.2) is 6.54 Å². The molecule has 0 radical (unpaired) electrons. The Morgan fingerprint density at radius 3 is 2.91 bits per heavy atom. The first-order chi connectivity index (χ1) is 5.24.